The average molecular weight is 335 g/mol. The molecule has 0 saturated heterocycles. The molecule has 0 spiro atoms. The third-order valence-corrected chi connectivity index (χ3v) is 3.78. The fourth-order valence-corrected chi connectivity index (χ4v) is 2.44. The van der Waals surface area contributed by atoms with Gasteiger partial charge >= 0.3 is 0 Å². The summed E-state index contributed by atoms with van der Waals surface area (Å²) in [4.78, 5) is 16.4. The van der Waals surface area contributed by atoms with Crippen LogP contribution in [0.1, 0.15) is 23.0 Å². The molecule has 0 unspecified atom stereocenters. The van der Waals surface area contributed by atoms with E-state index in [9.17, 15) is 9.18 Å². The standard InChI is InChI=1S/C20H18FN3O/c1-2-14-5-3-4-6-18(14)23-17-11-12-19(22-13-17)20(25)24-16-9-7-15(21)8-10-16/h3-13,23H,2H2,1H3,(H,24,25). The molecule has 1 aromatic heterocycles. The van der Waals surface area contributed by atoms with Crippen molar-refractivity contribution < 1.29 is 9.18 Å². The van der Waals surface area contributed by atoms with Gasteiger partial charge in [0.1, 0.15) is 11.5 Å². The quantitative estimate of drug-likeness (QED) is 0.705. The lowest BCUT2D eigenvalue weighted by molar-refractivity contribution is 0.102. The molecule has 2 N–H and O–H groups in total. The summed E-state index contributed by atoms with van der Waals surface area (Å²) < 4.78 is 12.9. The molecular formula is C20H18FN3O. The number of anilines is 3. The number of amides is 1. The second-order valence-corrected chi connectivity index (χ2v) is 5.53. The zero-order valence-corrected chi connectivity index (χ0v) is 13.8. The Hall–Kier alpha value is -3.21. The summed E-state index contributed by atoms with van der Waals surface area (Å²) in [6, 6.07) is 17.1. The summed E-state index contributed by atoms with van der Waals surface area (Å²) in [5, 5.41) is 5.99. The van der Waals surface area contributed by atoms with E-state index >= 15 is 0 Å². The summed E-state index contributed by atoms with van der Waals surface area (Å²) in [7, 11) is 0. The van der Waals surface area contributed by atoms with Crippen molar-refractivity contribution in [2.75, 3.05) is 10.6 Å². The molecule has 25 heavy (non-hydrogen) atoms. The van der Waals surface area contributed by atoms with Crippen LogP contribution in [0, 0.1) is 5.82 Å². The van der Waals surface area contributed by atoms with Gasteiger partial charge in [-0.2, -0.15) is 0 Å². The highest BCUT2D eigenvalue weighted by Crippen LogP contribution is 2.21. The van der Waals surface area contributed by atoms with E-state index < -0.39 is 0 Å². The van der Waals surface area contributed by atoms with Crippen LogP contribution in [0.25, 0.3) is 0 Å². The molecule has 2 aromatic carbocycles. The summed E-state index contributed by atoms with van der Waals surface area (Å²) in [5.41, 5.74) is 3.85. The van der Waals surface area contributed by atoms with Crippen molar-refractivity contribution >= 4 is 23.0 Å². The third kappa shape index (κ3) is 4.20. The molecule has 4 nitrogen and oxygen atoms in total. The highest BCUT2D eigenvalue weighted by atomic mass is 19.1. The summed E-state index contributed by atoms with van der Waals surface area (Å²) >= 11 is 0. The number of carbonyl (C=O) groups excluding carboxylic acids is 1. The number of aromatic nitrogens is 1. The van der Waals surface area contributed by atoms with Gasteiger partial charge in [0, 0.05) is 11.4 Å². The number of hydrogen-bond acceptors (Lipinski definition) is 3. The Morgan fingerprint density at radius 1 is 1.00 bits per heavy atom. The molecule has 0 aliphatic carbocycles. The topological polar surface area (TPSA) is 54.0 Å². The van der Waals surface area contributed by atoms with Crippen molar-refractivity contribution in [1.82, 2.24) is 4.98 Å². The Morgan fingerprint density at radius 3 is 2.40 bits per heavy atom. The van der Waals surface area contributed by atoms with Gasteiger partial charge in [-0.25, -0.2) is 9.37 Å². The van der Waals surface area contributed by atoms with Crippen LogP contribution < -0.4 is 10.6 Å². The molecule has 126 valence electrons. The van der Waals surface area contributed by atoms with Gasteiger partial charge in [0.25, 0.3) is 5.91 Å². The van der Waals surface area contributed by atoms with Crippen LogP contribution in [-0.2, 0) is 6.42 Å². The minimum absolute atomic E-state index is 0.290. The van der Waals surface area contributed by atoms with Crippen molar-refractivity contribution in [3.05, 3.63) is 83.9 Å². The van der Waals surface area contributed by atoms with Crippen molar-refractivity contribution in [3.8, 4) is 0 Å². The van der Waals surface area contributed by atoms with Crippen LogP contribution in [0.2, 0.25) is 0 Å². The molecule has 0 saturated carbocycles. The summed E-state index contributed by atoms with van der Waals surface area (Å²) in [6.07, 6.45) is 2.54. The van der Waals surface area contributed by atoms with E-state index in [2.05, 4.69) is 28.6 Å². The SMILES string of the molecule is CCc1ccccc1Nc1ccc(C(=O)Nc2ccc(F)cc2)nc1. The van der Waals surface area contributed by atoms with Gasteiger partial charge in [-0.05, 0) is 54.4 Å². The molecule has 0 aliphatic rings. The first-order valence-corrected chi connectivity index (χ1v) is 8.03. The molecule has 0 atom stereocenters. The second-order valence-electron chi connectivity index (χ2n) is 5.53. The lowest BCUT2D eigenvalue weighted by atomic mass is 10.1. The number of carbonyl (C=O) groups is 1. The van der Waals surface area contributed by atoms with Crippen molar-refractivity contribution in [3.63, 3.8) is 0 Å². The number of nitrogens with zero attached hydrogens (tertiary/aromatic N) is 1. The molecule has 1 amide bonds. The normalized spacial score (nSPS) is 10.3. The van der Waals surface area contributed by atoms with E-state index in [4.69, 9.17) is 0 Å². The number of benzene rings is 2. The first kappa shape index (κ1) is 16.6. The van der Waals surface area contributed by atoms with Gasteiger partial charge in [-0.3, -0.25) is 4.79 Å². The average Bonchev–Trinajstić information content (AvgIpc) is 2.64. The monoisotopic (exact) mass is 335 g/mol. The maximum Gasteiger partial charge on any atom is 0.274 e. The Bertz CT molecular complexity index is 861. The molecule has 0 fully saturated rings. The van der Waals surface area contributed by atoms with Crippen LogP contribution >= 0.6 is 0 Å². The first-order valence-electron chi connectivity index (χ1n) is 8.03. The van der Waals surface area contributed by atoms with Gasteiger partial charge in [-0.15, -0.1) is 0 Å². The number of aryl methyl sites for hydroxylation is 1. The van der Waals surface area contributed by atoms with Crippen LogP contribution in [0.15, 0.2) is 66.9 Å². The fraction of sp³-hybridized carbons (Fsp3) is 0.100. The summed E-state index contributed by atoms with van der Waals surface area (Å²) in [6.45, 7) is 2.10. The van der Waals surface area contributed by atoms with E-state index in [1.807, 2.05) is 18.2 Å². The Balaban J connectivity index is 1.69. The number of pyridine rings is 1. The van der Waals surface area contributed by atoms with Gasteiger partial charge in [0.05, 0.1) is 11.9 Å². The highest BCUT2D eigenvalue weighted by Gasteiger charge is 2.08. The van der Waals surface area contributed by atoms with Crippen LogP contribution in [0.4, 0.5) is 21.5 Å². The predicted molar refractivity (Wildman–Crippen MR) is 97.7 cm³/mol. The minimum Gasteiger partial charge on any atom is -0.354 e. The minimum atomic E-state index is -0.348. The van der Waals surface area contributed by atoms with Crippen molar-refractivity contribution in [2.24, 2.45) is 0 Å². The number of hydrogen-bond donors (Lipinski definition) is 2. The van der Waals surface area contributed by atoms with E-state index in [0.717, 1.165) is 17.8 Å². The van der Waals surface area contributed by atoms with Crippen molar-refractivity contribution in [2.45, 2.75) is 13.3 Å². The molecule has 0 bridgehead atoms. The van der Waals surface area contributed by atoms with Crippen LogP contribution in [-0.4, -0.2) is 10.9 Å². The zero-order chi connectivity index (χ0) is 17.6. The van der Waals surface area contributed by atoms with E-state index in [0.29, 0.717) is 11.4 Å². The lowest BCUT2D eigenvalue weighted by Gasteiger charge is -2.11. The van der Waals surface area contributed by atoms with E-state index in [-0.39, 0.29) is 11.7 Å². The largest absolute Gasteiger partial charge is 0.354 e. The number of halogens is 1. The maximum atomic E-state index is 12.9. The highest BCUT2D eigenvalue weighted by molar-refractivity contribution is 6.02. The van der Waals surface area contributed by atoms with Crippen molar-refractivity contribution in [1.29, 1.82) is 0 Å². The van der Waals surface area contributed by atoms with Gasteiger partial charge < -0.3 is 10.6 Å². The maximum absolute atomic E-state index is 12.9. The number of para-hydroxylation sites is 1. The van der Waals surface area contributed by atoms with Gasteiger partial charge in [0.2, 0.25) is 0 Å². The molecule has 5 heteroatoms. The van der Waals surface area contributed by atoms with Gasteiger partial charge in [0.15, 0.2) is 0 Å². The number of rotatable bonds is 5. The Labute approximate surface area is 145 Å². The molecule has 3 rings (SSSR count). The van der Waals surface area contributed by atoms with Crippen LogP contribution in [0.5, 0.6) is 0 Å². The predicted octanol–water partition coefficient (Wildman–Crippen LogP) is 4.78. The Morgan fingerprint density at radius 2 is 1.72 bits per heavy atom. The second kappa shape index (κ2) is 7.57. The number of nitrogens with one attached hydrogen (secondary N) is 2. The third-order valence-electron chi connectivity index (χ3n) is 3.78. The molecule has 0 aliphatic heterocycles. The van der Waals surface area contributed by atoms with E-state index in [1.165, 1.54) is 29.8 Å². The zero-order valence-electron chi connectivity index (χ0n) is 13.8. The molecule has 1 heterocycles. The van der Waals surface area contributed by atoms with Crippen LogP contribution in [0.3, 0.4) is 0 Å². The van der Waals surface area contributed by atoms with E-state index in [1.54, 1.807) is 18.3 Å². The summed E-state index contributed by atoms with van der Waals surface area (Å²) in [5.74, 6) is -0.689. The lowest BCUT2D eigenvalue weighted by Crippen LogP contribution is -2.13. The molecule has 0 radical (unpaired) electrons. The Kier molecular flexibility index (Phi) is 5.04. The first-order chi connectivity index (χ1) is 12.2. The van der Waals surface area contributed by atoms with Gasteiger partial charge in [-0.1, -0.05) is 25.1 Å². The molecule has 3 aromatic rings. The smallest absolute Gasteiger partial charge is 0.274 e. The molecular weight excluding hydrogens is 317 g/mol. The fourth-order valence-electron chi connectivity index (χ4n) is 2.44.